The van der Waals surface area contributed by atoms with E-state index in [1.807, 2.05) is 6.21 Å². The normalized spacial score (nSPS) is 12.2. The number of rotatable bonds is 16. The molecule has 0 heterocycles. The van der Waals surface area contributed by atoms with E-state index in [4.69, 9.17) is 24.9 Å². The third kappa shape index (κ3) is 15.7. The summed E-state index contributed by atoms with van der Waals surface area (Å²) < 4.78 is 15.9. The summed E-state index contributed by atoms with van der Waals surface area (Å²) in [5, 5.41) is 3.97. The molecule has 7 nitrogen and oxygen atoms in total. The van der Waals surface area contributed by atoms with Gasteiger partial charge >= 0.3 is 0 Å². The Hall–Kier alpha value is -0.730. The molecule has 22 heavy (non-hydrogen) atoms. The highest BCUT2D eigenvalue weighted by atomic mass is 16.6. The van der Waals surface area contributed by atoms with Crippen LogP contribution in [0.4, 0.5) is 0 Å². The smallest absolute Gasteiger partial charge is 0.140 e. The molecule has 0 aliphatic carbocycles. The van der Waals surface area contributed by atoms with Gasteiger partial charge in [-0.3, -0.25) is 0 Å². The quantitative estimate of drug-likeness (QED) is 0.265. The summed E-state index contributed by atoms with van der Waals surface area (Å²) in [6.07, 6.45) is 4.08. The zero-order chi connectivity index (χ0) is 16.5. The molecule has 0 aliphatic rings. The van der Waals surface area contributed by atoms with E-state index in [-0.39, 0.29) is 5.41 Å². The van der Waals surface area contributed by atoms with Crippen molar-refractivity contribution in [3.05, 3.63) is 0 Å². The molecule has 0 fully saturated rings. The van der Waals surface area contributed by atoms with Gasteiger partial charge in [0.25, 0.3) is 0 Å². The highest BCUT2D eigenvalue weighted by molar-refractivity contribution is 5.63. The Morgan fingerprint density at radius 3 is 1.86 bits per heavy atom. The molecule has 132 valence electrons. The average Bonchev–Trinajstić information content (AvgIpc) is 2.47. The van der Waals surface area contributed by atoms with Gasteiger partial charge in [0.05, 0.1) is 46.2 Å². The lowest BCUT2D eigenvalue weighted by molar-refractivity contribution is -0.0108. The Kier molecular flexibility index (Phi) is 14.7. The minimum atomic E-state index is 0.0851. The zero-order valence-electron chi connectivity index (χ0n) is 14.2. The first-order valence-corrected chi connectivity index (χ1v) is 7.84. The molecule has 0 bridgehead atoms. The fraction of sp³-hybridized carbons (Fsp3) is 0.933. The number of nitrogens with zero attached hydrogens (tertiary/aromatic N) is 1. The molecule has 0 saturated carbocycles. The highest BCUT2D eigenvalue weighted by Gasteiger charge is 2.13. The number of oxime groups is 1. The van der Waals surface area contributed by atoms with Crippen molar-refractivity contribution in [2.45, 2.75) is 33.6 Å². The summed E-state index contributed by atoms with van der Waals surface area (Å²) in [5.74, 6) is 4.86. The standard InChI is InChI=1S/C15H32N2O5/c1-4-5-15(2,3)14-17-22-13-11-20-9-7-18-6-8-19-10-12-21-16/h14H,4-13,16H2,1-3H3/b17-14+. The van der Waals surface area contributed by atoms with Crippen molar-refractivity contribution in [3.8, 4) is 0 Å². The Morgan fingerprint density at radius 1 is 0.864 bits per heavy atom. The molecule has 0 rings (SSSR count). The van der Waals surface area contributed by atoms with Crippen LogP contribution in [0.2, 0.25) is 0 Å². The lowest BCUT2D eigenvalue weighted by Gasteiger charge is -2.16. The van der Waals surface area contributed by atoms with Gasteiger partial charge in [-0.25, -0.2) is 5.90 Å². The molecule has 0 spiro atoms. The molecule has 0 saturated heterocycles. The lowest BCUT2D eigenvalue weighted by atomic mass is 9.90. The van der Waals surface area contributed by atoms with Crippen molar-refractivity contribution in [2.75, 3.05) is 52.9 Å². The van der Waals surface area contributed by atoms with Crippen molar-refractivity contribution >= 4 is 6.21 Å². The largest absolute Gasteiger partial charge is 0.394 e. The maximum atomic E-state index is 5.36. The molecule has 0 atom stereocenters. The number of hydrogen-bond acceptors (Lipinski definition) is 7. The second-order valence-corrected chi connectivity index (χ2v) is 5.51. The van der Waals surface area contributed by atoms with E-state index in [0.717, 1.165) is 12.8 Å². The van der Waals surface area contributed by atoms with Crippen LogP contribution >= 0.6 is 0 Å². The van der Waals surface area contributed by atoms with Crippen LogP contribution in [0.25, 0.3) is 0 Å². The van der Waals surface area contributed by atoms with E-state index < -0.39 is 0 Å². The summed E-state index contributed by atoms with van der Waals surface area (Å²) in [6.45, 7) is 10.4. The number of hydrogen-bond donors (Lipinski definition) is 1. The van der Waals surface area contributed by atoms with E-state index in [9.17, 15) is 0 Å². The predicted molar refractivity (Wildman–Crippen MR) is 85.7 cm³/mol. The molecule has 0 amide bonds. The van der Waals surface area contributed by atoms with Crippen LogP contribution in [0.1, 0.15) is 33.6 Å². The Morgan fingerprint density at radius 2 is 1.36 bits per heavy atom. The first kappa shape index (κ1) is 21.3. The molecule has 0 aromatic carbocycles. The maximum absolute atomic E-state index is 5.36. The fourth-order valence-corrected chi connectivity index (χ4v) is 1.69. The van der Waals surface area contributed by atoms with Crippen molar-refractivity contribution in [1.29, 1.82) is 0 Å². The van der Waals surface area contributed by atoms with Crippen LogP contribution in [0.15, 0.2) is 5.16 Å². The third-order valence-corrected chi connectivity index (χ3v) is 2.78. The molecule has 0 radical (unpaired) electrons. The van der Waals surface area contributed by atoms with Gasteiger partial charge < -0.3 is 23.9 Å². The predicted octanol–water partition coefficient (Wildman–Crippen LogP) is 1.76. The third-order valence-electron chi connectivity index (χ3n) is 2.78. The van der Waals surface area contributed by atoms with Crippen molar-refractivity contribution < 1.29 is 23.9 Å². The van der Waals surface area contributed by atoms with Crippen molar-refractivity contribution in [2.24, 2.45) is 16.5 Å². The number of nitrogens with two attached hydrogens (primary N) is 1. The summed E-state index contributed by atoms with van der Waals surface area (Å²) in [6, 6.07) is 0. The van der Waals surface area contributed by atoms with Crippen LogP contribution in [-0.2, 0) is 23.9 Å². The van der Waals surface area contributed by atoms with E-state index >= 15 is 0 Å². The molecule has 0 unspecified atom stereocenters. The fourth-order valence-electron chi connectivity index (χ4n) is 1.69. The van der Waals surface area contributed by atoms with Crippen LogP contribution in [0.5, 0.6) is 0 Å². The van der Waals surface area contributed by atoms with Gasteiger partial charge in [0, 0.05) is 11.6 Å². The maximum Gasteiger partial charge on any atom is 0.140 e. The van der Waals surface area contributed by atoms with E-state index in [2.05, 4.69) is 30.8 Å². The van der Waals surface area contributed by atoms with Gasteiger partial charge in [-0.2, -0.15) is 0 Å². The lowest BCUT2D eigenvalue weighted by Crippen LogP contribution is -2.14. The van der Waals surface area contributed by atoms with Crippen LogP contribution in [-0.4, -0.2) is 59.1 Å². The summed E-state index contributed by atoms with van der Waals surface area (Å²) in [4.78, 5) is 9.52. The van der Waals surface area contributed by atoms with Crippen LogP contribution in [0.3, 0.4) is 0 Å². The molecular weight excluding hydrogens is 288 g/mol. The SMILES string of the molecule is CCCC(C)(C)/C=N/OCCOCCOCCOCCON. The van der Waals surface area contributed by atoms with Gasteiger partial charge in [0.15, 0.2) is 0 Å². The van der Waals surface area contributed by atoms with Gasteiger partial charge in [0.2, 0.25) is 0 Å². The Labute approximate surface area is 134 Å². The minimum Gasteiger partial charge on any atom is -0.394 e. The highest BCUT2D eigenvalue weighted by Crippen LogP contribution is 2.18. The van der Waals surface area contributed by atoms with Crippen LogP contribution < -0.4 is 5.90 Å². The second-order valence-electron chi connectivity index (χ2n) is 5.51. The van der Waals surface area contributed by atoms with Crippen molar-refractivity contribution in [3.63, 3.8) is 0 Å². The first-order valence-electron chi connectivity index (χ1n) is 7.84. The molecule has 0 aliphatic heterocycles. The minimum absolute atomic E-state index is 0.0851. The molecule has 0 aromatic rings. The molecule has 2 N–H and O–H groups in total. The first-order chi connectivity index (χ1) is 10.6. The Bertz CT molecular complexity index is 262. The second kappa shape index (κ2) is 15.2. The van der Waals surface area contributed by atoms with Gasteiger partial charge in [-0.1, -0.05) is 32.3 Å². The summed E-state index contributed by atoms with van der Waals surface area (Å²) in [5.41, 5.74) is 0.0851. The van der Waals surface area contributed by atoms with Gasteiger partial charge in [-0.05, 0) is 6.42 Å². The van der Waals surface area contributed by atoms with E-state index in [0.29, 0.717) is 52.9 Å². The molecular formula is C15H32N2O5. The zero-order valence-corrected chi connectivity index (χ0v) is 14.2. The monoisotopic (exact) mass is 320 g/mol. The van der Waals surface area contributed by atoms with Crippen molar-refractivity contribution in [1.82, 2.24) is 0 Å². The average molecular weight is 320 g/mol. The summed E-state index contributed by atoms with van der Waals surface area (Å²) >= 11 is 0. The molecule has 7 heteroatoms. The number of ether oxygens (including phenoxy) is 3. The topological polar surface area (TPSA) is 84.5 Å². The molecule has 0 aromatic heterocycles. The van der Waals surface area contributed by atoms with Crippen LogP contribution in [0, 0.1) is 5.41 Å². The summed E-state index contributed by atoms with van der Waals surface area (Å²) in [7, 11) is 0. The Balaban J connectivity index is 3.22. The van der Waals surface area contributed by atoms with E-state index in [1.54, 1.807) is 0 Å². The van der Waals surface area contributed by atoms with E-state index in [1.165, 1.54) is 0 Å². The van der Waals surface area contributed by atoms with Gasteiger partial charge in [0.1, 0.15) is 6.61 Å². The van der Waals surface area contributed by atoms with Gasteiger partial charge in [-0.15, -0.1) is 0 Å².